The van der Waals surface area contributed by atoms with Crippen LogP contribution in [-0.2, 0) is 11.3 Å². The summed E-state index contributed by atoms with van der Waals surface area (Å²) in [5.41, 5.74) is 2.28. The van der Waals surface area contributed by atoms with E-state index in [2.05, 4.69) is 25.7 Å². The molecule has 0 aliphatic rings. The molecular weight excluding hydrogens is 344 g/mol. The minimum atomic E-state index is -0.347. The largest absolute Gasteiger partial charge is 0.311 e. The molecular formula is C19H20N6O2. The van der Waals surface area contributed by atoms with E-state index >= 15 is 0 Å². The first-order chi connectivity index (χ1) is 13.0. The van der Waals surface area contributed by atoms with Gasteiger partial charge in [0.2, 0.25) is 5.91 Å². The number of nitrogens with zero attached hydrogens (tertiary/aromatic N) is 4. The molecule has 138 valence electrons. The van der Waals surface area contributed by atoms with Gasteiger partial charge in [-0.05, 0) is 55.3 Å². The Bertz CT molecular complexity index is 966. The molecule has 27 heavy (non-hydrogen) atoms. The van der Waals surface area contributed by atoms with Gasteiger partial charge in [-0.15, -0.1) is 0 Å². The van der Waals surface area contributed by atoms with Gasteiger partial charge < -0.3 is 10.6 Å². The van der Waals surface area contributed by atoms with Crippen LogP contribution in [0.3, 0.4) is 0 Å². The number of aryl methyl sites for hydroxylation is 3. The van der Waals surface area contributed by atoms with Crippen molar-refractivity contribution >= 4 is 23.5 Å². The summed E-state index contributed by atoms with van der Waals surface area (Å²) >= 11 is 0. The third-order valence-electron chi connectivity index (χ3n) is 3.78. The summed E-state index contributed by atoms with van der Waals surface area (Å²) in [4.78, 5) is 32.5. The third-order valence-corrected chi connectivity index (χ3v) is 3.78. The molecule has 2 N–H and O–H groups in total. The predicted octanol–water partition coefficient (Wildman–Crippen LogP) is 2.57. The summed E-state index contributed by atoms with van der Waals surface area (Å²) in [5, 5.41) is 9.65. The van der Waals surface area contributed by atoms with Crippen LogP contribution in [0.15, 0.2) is 48.9 Å². The Kier molecular flexibility index (Phi) is 5.55. The zero-order valence-electron chi connectivity index (χ0n) is 15.1. The van der Waals surface area contributed by atoms with Crippen molar-refractivity contribution in [3.05, 3.63) is 65.7 Å². The van der Waals surface area contributed by atoms with Crippen molar-refractivity contribution in [1.82, 2.24) is 19.7 Å². The molecule has 0 unspecified atom stereocenters. The molecule has 0 radical (unpaired) electrons. The van der Waals surface area contributed by atoms with Crippen LogP contribution >= 0.6 is 0 Å². The summed E-state index contributed by atoms with van der Waals surface area (Å²) in [7, 11) is 0. The van der Waals surface area contributed by atoms with Gasteiger partial charge in [-0.1, -0.05) is 0 Å². The molecule has 0 saturated carbocycles. The van der Waals surface area contributed by atoms with Crippen molar-refractivity contribution in [2.45, 2.75) is 26.8 Å². The van der Waals surface area contributed by atoms with E-state index in [4.69, 9.17) is 0 Å². The molecule has 3 rings (SSSR count). The molecule has 8 nitrogen and oxygen atoms in total. The van der Waals surface area contributed by atoms with Crippen LogP contribution in [0.25, 0.3) is 0 Å². The first-order valence-corrected chi connectivity index (χ1v) is 8.49. The molecule has 3 heterocycles. The number of rotatable bonds is 6. The third kappa shape index (κ3) is 5.21. The standard InChI is InChI=1S/C19H20N6O2/c1-13-3-7-20-16(11-13)22-18(26)6-10-25-9-5-15(24-25)19(27)23-17-12-14(2)4-8-21-17/h3-5,7-9,11-12H,6,10H2,1-2H3,(H,20,22,26)(H,21,23,27). The van der Waals surface area contributed by atoms with Gasteiger partial charge in [-0.3, -0.25) is 14.3 Å². The minimum absolute atomic E-state index is 0.168. The molecule has 0 fully saturated rings. The van der Waals surface area contributed by atoms with Crippen LogP contribution in [0.4, 0.5) is 11.6 Å². The summed E-state index contributed by atoms with van der Waals surface area (Å²) < 4.78 is 1.56. The van der Waals surface area contributed by atoms with Crippen molar-refractivity contribution in [1.29, 1.82) is 0 Å². The highest BCUT2D eigenvalue weighted by atomic mass is 16.2. The van der Waals surface area contributed by atoms with Gasteiger partial charge in [0.05, 0.1) is 0 Å². The summed E-state index contributed by atoms with van der Waals surface area (Å²) in [6.07, 6.45) is 5.16. The molecule has 0 spiro atoms. The molecule has 0 bridgehead atoms. The second kappa shape index (κ2) is 8.22. The van der Waals surface area contributed by atoms with Crippen LogP contribution in [-0.4, -0.2) is 31.6 Å². The topological polar surface area (TPSA) is 102 Å². The van der Waals surface area contributed by atoms with E-state index in [0.717, 1.165) is 11.1 Å². The SMILES string of the molecule is Cc1ccnc(NC(=O)CCn2ccc(C(=O)Nc3cc(C)ccn3)n2)c1. The van der Waals surface area contributed by atoms with Gasteiger partial charge >= 0.3 is 0 Å². The highest BCUT2D eigenvalue weighted by Gasteiger charge is 2.11. The zero-order valence-corrected chi connectivity index (χ0v) is 15.1. The lowest BCUT2D eigenvalue weighted by molar-refractivity contribution is -0.116. The fraction of sp³-hybridized carbons (Fsp3) is 0.211. The molecule has 0 aliphatic carbocycles. The first kappa shape index (κ1) is 18.2. The van der Waals surface area contributed by atoms with E-state index in [1.807, 2.05) is 26.0 Å². The quantitative estimate of drug-likeness (QED) is 0.700. The zero-order chi connectivity index (χ0) is 19.2. The van der Waals surface area contributed by atoms with Crippen molar-refractivity contribution in [2.75, 3.05) is 10.6 Å². The predicted molar refractivity (Wildman–Crippen MR) is 101 cm³/mol. The van der Waals surface area contributed by atoms with Crippen molar-refractivity contribution in [2.24, 2.45) is 0 Å². The number of carbonyl (C=O) groups excluding carboxylic acids is 2. The van der Waals surface area contributed by atoms with E-state index < -0.39 is 0 Å². The molecule has 3 aromatic rings. The number of carbonyl (C=O) groups is 2. The number of hydrogen-bond donors (Lipinski definition) is 2. The maximum atomic E-state index is 12.2. The van der Waals surface area contributed by atoms with E-state index in [0.29, 0.717) is 18.2 Å². The molecule has 0 aromatic carbocycles. The second-order valence-electron chi connectivity index (χ2n) is 6.15. The maximum Gasteiger partial charge on any atom is 0.277 e. The highest BCUT2D eigenvalue weighted by Crippen LogP contribution is 2.08. The smallest absolute Gasteiger partial charge is 0.277 e. The molecule has 0 saturated heterocycles. The Morgan fingerprint density at radius 2 is 1.59 bits per heavy atom. The van der Waals surface area contributed by atoms with Gasteiger partial charge in [0, 0.05) is 31.6 Å². The number of hydrogen-bond acceptors (Lipinski definition) is 5. The van der Waals surface area contributed by atoms with Gasteiger partial charge in [-0.25, -0.2) is 9.97 Å². The van der Waals surface area contributed by atoms with Crippen molar-refractivity contribution in [3.8, 4) is 0 Å². The Balaban J connectivity index is 1.53. The lowest BCUT2D eigenvalue weighted by atomic mass is 10.3. The average molecular weight is 364 g/mol. The highest BCUT2D eigenvalue weighted by molar-refractivity contribution is 6.02. The monoisotopic (exact) mass is 364 g/mol. The number of anilines is 2. The molecule has 3 aromatic heterocycles. The van der Waals surface area contributed by atoms with Crippen LogP contribution < -0.4 is 10.6 Å². The van der Waals surface area contributed by atoms with E-state index in [9.17, 15) is 9.59 Å². The van der Waals surface area contributed by atoms with Gasteiger partial charge in [-0.2, -0.15) is 5.10 Å². The molecule has 0 aliphatic heterocycles. The molecule has 2 amide bonds. The Morgan fingerprint density at radius 3 is 2.22 bits per heavy atom. The second-order valence-corrected chi connectivity index (χ2v) is 6.15. The maximum absolute atomic E-state index is 12.2. The fourth-order valence-electron chi connectivity index (χ4n) is 2.42. The van der Waals surface area contributed by atoms with Gasteiger partial charge in [0.15, 0.2) is 5.69 Å². The minimum Gasteiger partial charge on any atom is -0.311 e. The molecule has 0 atom stereocenters. The van der Waals surface area contributed by atoms with Gasteiger partial charge in [0.1, 0.15) is 11.6 Å². The molecule has 8 heteroatoms. The lowest BCUT2D eigenvalue weighted by Gasteiger charge is -2.05. The Hall–Kier alpha value is -3.55. The summed E-state index contributed by atoms with van der Waals surface area (Å²) in [6, 6.07) is 8.89. The normalized spacial score (nSPS) is 10.4. The van der Waals surface area contributed by atoms with Crippen LogP contribution in [0.1, 0.15) is 28.0 Å². The summed E-state index contributed by atoms with van der Waals surface area (Å²) in [6.45, 7) is 4.21. The average Bonchev–Trinajstić information content (AvgIpc) is 3.09. The first-order valence-electron chi connectivity index (χ1n) is 8.49. The number of aromatic nitrogens is 4. The van der Waals surface area contributed by atoms with Crippen molar-refractivity contribution in [3.63, 3.8) is 0 Å². The Morgan fingerprint density at radius 1 is 0.963 bits per heavy atom. The number of amides is 2. The lowest BCUT2D eigenvalue weighted by Crippen LogP contribution is -2.17. The van der Waals surface area contributed by atoms with E-state index in [1.54, 1.807) is 41.5 Å². The Labute approximate surface area is 156 Å². The van der Waals surface area contributed by atoms with Crippen molar-refractivity contribution < 1.29 is 9.59 Å². The van der Waals surface area contributed by atoms with Crippen LogP contribution in [0.5, 0.6) is 0 Å². The number of nitrogens with one attached hydrogen (secondary N) is 2. The van der Waals surface area contributed by atoms with Crippen LogP contribution in [0, 0.1) is 13.8 Å². The van der Waals surface area contributed by atoms with E-state index in [1.165, 1.54) is 0 Å². The van der Waals surface area contributed by atoms with Crippen LogP contribution in [0.2, 0.25) is 0 Å². The van der Waals surface area contributed by atoms with Gasteiger partial charge in [0.25, 0.3) is 5.91 Å². The summed E-state index contributed by atoms with van der Waals surface area (Å²) in [5.74, 6) is 0.476. The fourth-order valence-corrected chi connectivity index (χ4v) is 2.42. The van der Waals surface area contributed by atoms with E-state index in [-0.39, 0.29) is 23.9 Å². The number of pyridine rings is 2.